The van der Waals surface area contributed by atoms with E-state index in [1.165, 1.54) is 6.26 Å². The lowest BCUT2D eigenvalue weighted by Gasteiger charge is -2.09. The molecular formula is C18H20N4O3. The van der Waals surface area contributed by atoms with Crippen LogP contribution in [-0.2, 0) is 6.61 Å². The molecule has 1 aromatic carbocycles. The third kappa shape index (κ3) is 4.33. The molecule has 25 heavy (non-hydrogen) atoms. The highest BCUT2D eigenvalue weighted by atomic mass is 16.5. The maximum atomic E-state index is 12.0. The molecule has 3 aromatic rings. The third-order valence-corrected chi connectivity index (χ3v) is 3.62. The van der Waals surface area contributed by atoms with Gasteiger partial charge in [-0.05, 0) is 26.2 Å². The molecule has 0 aliphatic heterocycles. The highest BCUT2D eigenvalue weighted by Crippen LogP contribution is 2.25. The Labute approximate surface area is 145 Å². The van der Waals surface area contributed by atoms with Crippen molar-refractivity contribution in [1.82, 2.24) is 20.2 Å². The minimum atomic E-state index is -0.256. The predicted octanol–water partition coefficient (Wildman–Crippen LogP) is 2.09. The molecule has 0 radical (unpaired) electrons. The summed E-state index contributed by atoms with van der Waals surface area (Å²) in [6.45, 7) is 1.45. The smallest absolute Gasteiger partial charge is 0.273 e. The Morgan fingerprint density at radius 1 is 1.32 bits per heavy atom. The van der Waals surface area contributed by atoms with E-state index in [4.69, 9.17) is 9.15 Å². The normalized spacial score (nSPS) is 11.0. The molecule has 3 rings (SSSR count). The van der Waals surface area contributed by atoms with Gasteiger partial charge in [0.15, 0.2) is 12.3 Å². The number of nitrogens with one attached hydrogen (secondary N) is 1. The quantitative estimate of drug-likeness (QED) is 0.709. The molecule has 0 bridgehead atoms. The molecule has 1 N–H and O–H groups in total. The van der Waals surface area contributed by atoms with Crippen LogP contribution in [0.4, 0.5) is 0 Å². The van der Waals surface area contributed by atoms with E-state index in [-0.39, 0.29) is 18.2 Å². The van der Waals surface area contributed by atoms with E-state index >= 15 is 0 Å². The van der Waals surface area contributed by atoms with Gasteiger partial charge in [0.05, 0.1) is 0 Å². The molecule has 7 nitrogen and oxygen atoms in total. The van der Waals surface area contributed by atoms with Crippen molar-refractivity contribution in [3.05, 3.63) is 54.5 Å². The summed E-state index contributed by atoms with van der Waals surface area (Å²) in [4.78, 5) is 22.2. The summed E-state index contributed by atoms with van der Waals surface area (Å²) < 4.78 is 11.1. The molecule has 2 aromatic heterocycles. The van der Waals surface area contributed by atoms with Crippen LogP contribution < -0.4 is 10.1 Å². The van der Waals surface area contributed by atoms with E-state index in [2.05, 4.69) is 15.3 Å². The second-order valence-electron chi connectivity index (χ2n) is 5.83. The van der Waals surface area contributed by atoms with Crippen molar-refractivity contribution in [2.24, 2.45) is 0 Å². The van der Waals surface area contributed by atoms with Crippen molar-refractivity contribution < 1.29 is 13.9 Å². The summed E-state index contributed by atoms with van der Waals surface area (Å²) >= 11 is 0. The average molecular weight is 340 g/mol. The molecule has 1 amide bonds. The summed E-state index contributed by atoms with van der Waals surface area (Å²) in [6, 6.07) is 7.64. The number of hydrogen-bond acceptors (Lipinski definition) is 6. The van der Waals surface area contributed by atoms with Crippen LogP contribution in [-0.4, -0.2) is 48.0 Å². The largest absolute Gasteiger partial charge is 0.483 e. The zero-order chi connectivity index (χ0) is 17.6. The number of carbonyl (C=O) groups is 1. The molecule has 0 saturated carbocycles. The zero-order valence-electron chi connectivity index (χ0n) is 14.2. The van der Waals surface area contributed by atoms with Gasteiger partial charge in [0.2, 0.25) is 5.89 Å². The number of aromatic nitrogens is 2. The number of carbonyl (C=O) groups excluding carboxylic acids is 1. The van der Waals surface area contributed by atoms with Crippen molar-refractivity contribution >= 4 is 16.7 Å². The van der Waals surface area contributed by atoms with Gasteiger partial charge in [0.1, 0.15) is 12.0 Å². The average Bonchev–Trinajstić information content (AvgIpc) is 3.08. The first-order valence-electron chi connectivity index (χ1n) is 7.96. The van der Waals surface area contributed by atoms with Gasteiger partial charge in [-0.2, -0.15) is 0 Å². The minimum absolute atomic E-state index is 0.145. The topological polar surface area (TPSA) is 80.5 Å². The van der Waals surface area contributed by atoms with Crippen LogP contribution in [0.15, 0.2) is 47.3 Å². The van der Waals surface area contributed by atoms with Crippen molar-refractivity contribution in [3.8, 4) is 5.75 Å². The van der Waals surface area contributed by atoms with Gasteiger partial charge in [-0.25, -0.2) is 4.98 Å². The summed E-state index contributed by atoms with van der Waals surface area (Å²) in [5.41, 5.74) is 0.250. The maximum absolute atomic E-state index is 12.0. The van der Waals surface area contributed by atoms with Crippen LogP contribution >= 0.6 is 0 Å². The molecule has 0 aliphatic rings. The van der Waals surface area contributed by atoms with Crippen LogP contribution in [0.5, 0.6) is 5.75 Å². The second kappa shape index (κ2) is 7.76. The molecule has 0 fully saturated rings. The Hall–Kier alpha value is -2.93. The lowest BCUT2D eigenvalue weighted by Crippen LogP contribution is -2.31. The Balaban J connectivity index is 1.61. The Kier molecular flexibility index (Phi) is 5.25. The number of pyridine rings is 1. The van der Waals surface area contributed by atoms with Crippen molar-refractivity contribution in [3.63, 3.8) is 0 Å². The van der Waals surface area contributed by atoms with Crippen molar-refractivity contribution in [2.45, 2.75) is 6.61 Å². The number of nitrogens with zero attached hydrogens (tertiary/aromatic N) is 3. The van der Waals surface area contributed by atoms with Gasteiger partial charge >= 0.3 is 0 Å². The van der Waals surface area contributed by atoms with E-state index in [1.54, 1.807) is 12.4 Å². The molecule has 2 heterocycles. The van der Waals surface area contributed by atoms with Crippen molar-refractivity contribution in [2.75, 3.05) is 27.2 Å². The Morgan fingerprint density at radius 3 is 3.04 bits per heavy atom. The summed E-state index contributed by atoms with van der Waals surface area (Å²) in [5.74, 6) is 0.812. The van der Waals surface area contributed by atoms with Crippen LogP contribution in [0, 0.1) is 0 Å². The van der Waals surface area contributed by atoms with Crippen LogP contribution in [0.3, 0.4) is 0 Å². The first kappa shape index (κ1) is 16.9. The van der Waals surface area contributed by atoms with Gasteiger partial charge in [-0.3, -0.25) is 9.78 Å². The monoisotopic (exact) mass is 340 g/mol. The number of rotatable bonds is 7. The summed E-state index contributed by atoms with van der Waals surface area (Å²) in [5, 5.41) is 4.75. The number of likely N-dealkylation sites (N-methyl/N-ethyl adjacent to an activating group) is 1. The van der Waals surface area contributed by atoms with Crippen LogP contribution in [0.25, 0.3) is 10.8 Å². The summed E-state index contributed by atoms with van der Waals surface area (Å²) in [6.07, 6.45) is 4.84. The predicted molar refractivity (Wildman–Crippen MR) is 93.5 cm³/mol. The number of amides is 1. The number of ether oxygens (including phenoxy) is 1. The molecule has 0 aliphatic carbocycles. The SMILES string of the molecule is CN(C)CCNC(=O)c1coc(COc2cccc3cnccc23)n1. The van der Waals surface area contributed by atoms with E-state index in [0.29, 0.717) is 12.4 Å². The van der Waals surface area contributed by atoms with Gasteiger partial charge < -0.3 is 19.4 Å². The fourth-order valence-electron chi connectivity index (χ4n) is 2.32. The van der Waals surface area contributed by atoms with Gasteiger partial charge in [0.25, 0.3) is 5.91 Å². The van der Waals surface area contributed by atoms with Crippen molar-refractivity contribution in [1.29, 1.82) is 0 Å². The number of fused-ring (bicyclic) bond motifs is 1. The molecule has 0 unspecified atom stereocenters. The van der Waals surface area contributed by atoms with Gasteiger partial charge in [-0.15, -0.1) is 0 Å². The fraction of sp³-hybridized carbons (Fsp3) is 0.278. The Bertz CT molecular complexity index is 855. The molecule has 0 saturated heterocycles. The van der Waals surface area contributed by atoms with E-state index in [1.807, 2.05) is 43.3 Å². The van der Waals surface area contributed by atoms with Gasteiger partial charge in [-0.1, -0.05) is 12.1 Å². The number of hydrogen-bond donors (Lipinski definition) is 1. The maximum Gasteiger partial charge on any atom is 0.273 e. The molecule has 130 valence electrons. The highest BCUT2D eigenvalue weighted by Gasteiger charge is 2.12. The first-order valence-corrected chi connectivity index (χ1v) is 7.96. The van der Waals surface area contributed by atoms with E-state index in [0.717, 1.165) is 23.1 Å². The fourth-order valence-corrected chi connectivity index (χ4v) is 2.32. The zero-order valence-corrected chi connectivity index (χ0v) is 14.2. The third-order valence-electron chi connectivity index (χ3n) is 3.62. The van der Waals surface area contributed by atoms with Gasteiger partial charge in [0, 0.05) is 36.3 Å². The second-order valence-corrected chi connectivity index (χ2v) is 5.83. The molecule has 0 atom stereocenters. The lowest BCUT2D eigenvalue weighted by atomic mass is 10.1. The molecular weight excluding hydrogens is 320 g/mol. The van der Waals surface area contributed by atoms with Crippen LogP contribution in [0.1, 0.15) is 16.4 Å². The minimum Gasteiger partial charge on any atom is -0.483 e. The first-order chi connectivity index (χ1) is 12.1. The number of oxazole rings is 1. The van der Waals surface area contributed by atoms with E-state index < -0.39 is 0 Å². The molecule has 7 heteroatoms. The summed E-state index contributed by atoms with van der Waals surface area (Å²) in [7, 11) is 3.89. The standard InChI is InChI=1S/C18H20N4O3/c1-22(2)9-8-20-18(23)15-11-25-17(21-15)12-24-16-5-3-4-13-10-19-7-6-14(13)16/h3-7,10-11H,8-9,12H2,1-2H3,(H,20,23). The molecule has 0 spiro atoms. The van der Waals surface area contributed by atoms with E-state index in [9.17, 15) is 4.79 Å². The highest BCUT2D eigenvalue weighted by molar-refractivity contribution is 5.91. The number of benzene rings is 1. The van der Waals surface area contributed by atoms with Crippen LogP contribution in [0.2, 0.25) is 0 Å². The lowest BCUT2D eigenvalue weighted by molar-refractivity contribution is 0.0946. The Morgan fingerprint density at radius 2 is 2.20 bits per heavy atom.